The number of rotatable bonds is 3. The molecular formula is C9H6F5N3O2. The number of amides is 2. The number of ether oxygens (including phenoxy) is 1. The summed E-state index contributed by atoms with van der Waals surface area (Å²) in [5.74, 6) is -3.76. The molecule has 0 unspecified atom stereocenters. The third-order valence-corrected chi connectivity index (χ3v) is 1.65. The van der Waals surface area contributed by atoms with Crippen molar-refractivity contribution in [3.8, 4) is 5.75 Å². The van der Waals surface area contributed by atoms with E-state index >= 15 is 0 Å². The second-order valence-electron chi connectivity index (χ2n) is 3.08. The molecule has 0 saturated carbocycles. The van der Waals surface area contributed by atoms with Crippen LogP contribution in [0.5, 0.6) is 5.75 Å². The van der Waals surface area contributed by atoms with Gasteiger partial charge in [-0.25, -0.2) is 19.0 Å². The normalized spacial score (nSPS) is 11.6. The van der Waals surface area contributed by atoms with Crippen molar-refractivity contribution in [3.05, 3.63) is 29.3 Å². The van der Waals surface area contributed by atoms with Crippen LogP contribution >= 0.6 is 0 Å². The van der Waals surface area contributed by atoms with Crippen molar-refractivity contribution in [2.45, 2.75) is 6.36 Å². The first-order valence-corrected chi connectivity index (χ1v) is 4.52. The number of nitrogens with two attached hydrogens (primary N) is 1. The van der Waals surface area contributed by atoms with Crippen LogP contribution in [0, 0.1) is 11.6 Å². The van der Waals surface area contributed by atoms with Crippen molar-refractivity contribution in [1.82, 2.24) is 5.43 Å². The maximum absolute atomic E-state index is 13.3. The number of urea groups is 1. The highest BCUT2D eigenvalue weighted by atomic mass is 19.4. The van der Waals surface area contributed by atoms with Gasteiger partial charge in [-0.2, -0.15) is 5.10 Å². The minimum atomic E-state index is -5.07. The Bertz CT molecular complexity index is 492. The standard InChI is InChI=1S/C9H6F5N3O2/c10-6-1-4(19-9(12,13)14)2-7(11)5(6)3-16-17-8(15)18/h1-3H,(H3,15,17,18). The molecule has 0 aliphatic carbocycles. The third-order valence-electron chi connectivity index (χ3n) is 1.65. The lowest BCUT2D eigenvalue weighted by molar-refractivity contribution is -0.274. The Hall–Kier alpha value is -2.39. The number of hydrazone groups is 1. The van der Waals surface area contributed by atoms with Crippen molar-refractivity contribution in [2.75, 3.05) is 0 Å². The zero-order valence-corrected chi connectivity index (χ0v) is 8.96. The van der Waals surface area contributed by atoms with E-state index in [9.17, 15) is 26.7 Å². The van der Waals surface area contributed by atoms with Crippen LogP contribution in [-0.4, -0.2) is 18.6 Å². The second-order valence-corrected chi connectivity index (χ2v) is 3.08. The molecular weight excluding hydrogens is 277 g/mol. The lowest BCUT2D eigenvalue weighted by atomic mass is 10.2. The van der Waals surface area contributed by atoms with Crippen molar-refractivity contribution in [3.63, 3.8) is 0 Å². The molecule has 0 aliphatic heterocycles. The van der Waals surface area contributed by atoms with Gasteiger partial charge in [-0.1, -0.05) is 0 Å². The number of halogens is 5. The van der Waals surface area contributed by atoms with Crippen molar-refractivity contribution in [2.24, 2.45) is 10.8 Å². The number of primary amides is 1. The maximum atomic E-state index is 13.3. The molecule has 0 spiro atoms. The van der Waals surface area contributed by atoms with Gasteiger partial charge in [-0.05, 0) is 0 Å². The van der Waals surface area contributed by atoms with Crippen LogP contribution in [0.25, 0.3) is 0 Å². The van der Waals surface area contributed by atoms with E-state index in [0.717, 1.165) is 0 Å². The molecule has 0 aliphatic rings. The molecule has 0 heterocycles. The number of benzene rings is 1. The van der Waals surface area contributed by atoms with Crippen molar-refractivity contribution in [1.29, 1.82) is 0 Å². The molecule has 0 bridgehead atoms. The fourth-order valence-electron chi connectivity index (χ4n) is 1.04. The van der Waals surface area contributed by atoms with Gasteiger partial charge in [-0.15, -0.1) is 13.2 Å². The molecule has 0 fully saturated rings. The summed E-state index contributed by atoms with van der Waals surface area (Å²) >= 11 is 0. The molecule has 0 atom stereocenters. The minimum Gasteiger partial charge on any atom is -0.406 e. The van der Waals surface area contributed by atoms with E-state index in [1.807, 2.05) is 0 Å². The summed E-state index contributed by atoms with van der Waals surface area (Å²) in [5.41, 5.74) is 5.53. The molecule has 5 nitrogen and oxygen atoms in total. The van der Waals surface area contributed by atoms with Crippen LogP contribution in [0.3, 0.4) is 0 Å². The van der Waals surface area contributed by atoms with E-state index in [-0.39, 0.29) is 0 Å². The molecule has 0 radical (unpaired) electrons. The van der Waals surface area contributed by atoms with Crippen LogP contribution in [0.2, 0.25) is 0 Å². The number of carbonyl (C=O) groups is 1. The summed E-state index contributed by atoms with van der Waals surface area (Å²) in [6.07, 6.45) is -4.52. The first-order valence-electron chi connectivity index (χ1n) is 4.52. The smallest absolute Gasteiger partial charge is 0.406 e. The summed E-state index contributed by atoms with van der Waals surface area (Å²) in [6.45, 7) is 0. The number of nitrogens with zero attached hydrogens (tertiary/aromatic N) is 1. The highest BCUT2D eigenvalue weighted by molar-refractivity contribution is 5.82. The van der Waals surface area contributed by atoms with Crippen molar-refractivity contribution >= 4 is 12.2 Å². The lowest BCUT2D eigenvalue weighted by Gasteiger charge is -2.09. The van der Waals surface area contributed by atoms with E-state index < -0.39 is 35.3 Å². The van der Waals surface area contributed by atoms with Gasteiger partial charge < -0.3 is 10.5 Å². The summed E-state index contributed by atoms with van der Waals surface area (Å²) in [4.78, 5) is 10.2. The van der Waals surface area contributed by atoms with E-state index in [2.05, 4.69) is 15.6 Å². The Labute approximate surface area is 102 Å². The maximum Gasteiger partial charge on any atom is 0.573 e. The summed E-state index contributed by atoms with van der Waals surface area (Å²) in [6, 6.07) is -0.432. The predicted octanol–water partition coefficient (Wildman–Crippen LogP) is 1.87. The fourth-order valence-corrected chi connectivity index (χ4v) is 1.04. The van der Waals surface area contributed by atoms with Gasteiger partial charge in [0, 0.05) is 12.1 Å². The highest BCUT2D eigenvalue weighted by Gasteiger charge is 2.31. The second kappa shape index (κ2) is 5.50. The van der Waals surface area contributed by atoms with Gasteiger partial charge >= 0.3 is 12.4 Å². The molecule has 19 heavy (non-hydrogen) atoms. The van der Waals surface area contributed by atoms with Gasteiger partial charge in [0.15, 0.2) is 0 Å². The summed E-state index contributed by atoms with van der Waals surface area (Å²) in [7, 11) is 0. The van der Waals surface area contributed by atoms with Crippen LogP contribution in [0.1, 0.15) is 5.56 Å². The Morgan fingerprint density at radius 2 is 1.84 bits per heavy atom. The summed E-state index contributed by atoms with van der Waals surface area (Å²) in [5, 5.41) is 3.07. The van der Waals surface area contributed by atoms with Gasteiger partial charge in [0.2, 0.25) is 0 Å². The van der Waals surface area contributed by atoms with Gasteiger partial charge in [0.25, 0.3) is 0 Å². The van der Waals surface area contributed by atoms with Crippen molar-refractivity contribution < 1.29 is 31.5 Å². The van der Waals surface area contributed by atoms with Crippen LogP contribution in [0.15, 0.2) is 17.2 Å². The highest BCUT2D eigenvalue weighted by Crippen LogP contribution is 2.25. The number of carbonyl (C=O) groups excluding carboxylic acids is 1. The molecule has 0 saturated heterocycles. The number of hydrogen-bond donors (Lipinski definition) is 2. The lowest BCUT2D eigenvalue weighted by Crippen LogP contribution is -2.24. The topological polar surface area (TPSA) is 76.7 Å². The molecule has 1 aromatic rings. The SMILES string of the molecule is NC(=O)NN=Cc1c(F)cc(OC(F)(F)F)cc1F. The quantitative estimate of drug-likeness (QED) is 0.504. The molecule has 10 heteroatoms. The monoisotopic (exact) mass is 283 g/mol. The predicted molar refractivity (Wildman–Crippen MR) is 53.4 cm³/mol. The Morgan fingerprint density at radius 1 is 1.32 bits per heavy atom. The largest absolute Gasteiger partial charge is 0.573 e. The summed E-state index contributed by atoms with van der Waals surface area (Å²) < 4.78 is 65.4. The number of alkyl halides is 3. The molecule has 2 amide bonds. The molecule has 1 rings (SSSR count). The fraction of sp³-hybridized carbons (Fsp3) is 0.111. The number of nitrogens with one attached hydrogen (secondary N) is 1. The van der Waals surface area contributed by atoms with E-state index in [1.54, 1.807) is 5.43 Å². The molecule has 0 aromatic heterocycles. The molecule has 3 N–H and O–H groups in total. The zero-order valence-electron chi connectivity index (χ0n) is 8.96. The van der Waals surface area contributed by atoms with Crippen LogP contribution < -0.4 is 15.9 Å². The van der Waals surface area contributed by atoms with Crippen LogP contribution in [0.4, 0.5) is 26.7 Å². The van der Waals surface area contributed by atoms with E-state index in [4.69, 9.17) is 0 Å². The van der Waals surface area contributed by atoms with Crippen LogP contribution in [-0.2, 0) is 0 Å². The third kappa shape index (κ3) is 4.77. The van der Waals surface area contributed by atoms with E-state index in [1.165, 1.54) is 0 Å². The first-order chi connectivity index (χ1) is 8.69. The Morgan fingerprint density at radius 3 is 2.26 bits per heavy atom. The number of hydrogen-bond acceptors (Lipinski definition) is 3. The van der Waals surface area contributed by atoms with Gasteiger partial charge in [0.05, 0.1) is 11.8 Å². The van der Waals surface area contributed by atoms with Gasteiger partial charge in [0.1, 0.15) is 17.4 Å². The average Bonchev–Trinajstić information content (AvgIpc) is 2.19. The van der Waals surface area contributed by atoms with E-state index in [0.29, 0.717) is 18.3 Å². The molecule has 1 aromatic carbocycles. The van der Waals surface area contributed by atoms with Gasteiger partial charge in [-0.3, -0.25) is 0 Å². The zero-order chi connectivity index (χ0) is 14.6. The first kappa shape index (κ1) is 14.7. The molecule has 104 valence electrons. The minimum absolute atomic E-state index is 0.322. The Kier molecular flexibility index (Phi) is 4.25. The Balaban J connectivity index is 2.98. The average molecular weight is 283 g/mol.